The van der Waals surface area contributed by atoms with Crippen molar-refractivity contribution in [1.29, 1.82) is 5.26 Å². The van der Waals surface area contributed by atoms with E-state index in [0.717, 1.165) is 60.8 Å². The minimum Gasteiger partial charge on any atom is -0.368 e. The van der Waals surface area contributed by atoms with Gasteiger partial charge in [-0.2, -0.15) is 5.26 Å². The number of benzene rings is 1. The van der Waals surface area contributed by atoms with Crippen LogP contribution in [0.25, 0.3) is 11.1 Å². The molecule has 1 amide bonds. The fourth-order valence-electron chi connectivity index (χ4n) is 4.09. The second-order valence-electron chi connectivity index (χ2n) is 8.23. The van der Waals surface area contributed by atoms with Crippen molar-refractivity contribution >= 4 is 17.4 Å². The van der Waals surface area contributed by atoms with Gasteiger partial charge in [-0.3, -0.25) is 9.78 Å². The van der Waals surface area contributed by atoms with Crippen LogP contribution < -0.4 is 10.2 Å². The van der Waals surface area contributed by atoms with E-state index in [1.165, 1.54) is 0 Å². The van der Waals surface area contributed by atoms with Crippen LogP contribution in [0.3, 0.4) is 0 Å². The number of hydrogen-bond acceptors (Lipinski definition) is 6. The number of pyridine rings is 2. The highest BCUT2D eigenvalue weighted by Crippen LogP contribution is 2.25. The summed E-state index contributed by atoms with van der Waals surface area (Å²) in [5.41, 5.74) is 5.08. The lowest BCUT2D eigenvalue weighted by Crippen LogP contribution is -2.46. The van der Waals surface area contributed by atoms with Crippen LogP contribution in [0, 0.1) is 18.3 Å². The Morgan fingerprint density at radius 3 is 2.58 bits per heavy atom. The largest absolute Gasteiger partial charge is 0.368 e. The Morgan fingerprint density at radius 2 is 1.91 bits per heavy atom. The summed E-state index contributed by atoms with van der Waals surface area (Å²) in [7, 11) is 0. The van der Waals surface area contributed by atoms with Crippen molar-refractivity contribution in [3.8, 4) is 17.2 Å². The summed E-state index contributed by atoms with van der Waals surface area (Å²) in [4.78, 5) is 26.1. The van der Waals surface area contributed by atoms with E-state index in [9.17, 15) is 10.1 Å². The molecule has 168 valence electrons. The van der Waals surface area contributed by atoms with Gasteiger partial charge in [-0.05, 0) is 66.6 Å². The molecule has 0 unspecified atom stereocenters. The van der Waals surface area contributed by atoms with E-state index in [-0.39, 0.29) is 12.3 Å². The third-order valence-electron chi connectivity index (χ3n) is 5.98. The first kappa shape index (κ1) is 22.4. The van der Waals surface area contributed by atoms with E-state index in [0.29, 0.717) is 11.4 Å². The van der Waals surface area contributed by atoms with Crippen molar-refractivity contribution in [2.24, 2.45) is 0 Å². The molecule has 1 aliphatic rings. The molecule has 1 fully saturated rings. The number of nitrogens with zero attached hydrogens (tertiary/aromatic N) is 5. The number of anilines is 2. The second kappa shape index (κ2) is 10.2. The molecule has 3 aromatic rings. The molecule has 0 spiro atoms. The molecule has 2 aromatic heterocycles. The maximum atomic E-state index is 12.7. The number of carbonyl (C=O) groups excluding carboxylic acids is 1. The summed E-state index contributed by atoms with van der Waals surface area (Å²) in [6, 6.07) is 15.4. The molecular formula is C26H28N6O. The number of piperazine rings is 1. The highest BCUT2D eigenvalue weighted by Gasteiger charge is 2.16. The number of amides is 1. The smallest absolute Gasteiger partial charge is 0.229 e. The molecule has 33 heavy (non-hydrogen) atoms. The number of hydrogen-bond donors (Lipinski definition) is 1. The lowest BCUT2D eigenvalue weighted by Gasteiger charge is -2.35. The van der Waals surface area contributed by atoms with Crippen molar-refractivity contribution in [3.63, 3.8) is 0 Å². The molecule has 7 heteroatoms. The maximum Gasteiger partial charge on any atom is 0.229 e. The molecule has 4 rings (SSSR count). The molecule has 1 N–H and O–H groups in total. The molecule has 7 nitrogen and oxygen atoms in total. The Balaban J connectivity index is 1.41. The predicted molar refractivity (Wildman–Crippen MR) is 130 cm³/mol. The fraction of sp³-hybridized carbons (Fsp3) is 0.308. The summed E-state index contributed by atoms with van der Waals surface area (Å²) in [5, 5.41) is 12.4. The molecule has 3 heterocycles. The van der Waals surface area contributed by atoms with Crippen molar-refractivity contribution in [2.45, 2.75) is 20.3 Å². The van der Waals surface area contributed by atoms with Crippen molar-refractivity contribution in [1.82, 2.24) is 14.9 Å². The molecule has 0 aliphatic carbocycles. The van der Waals surface area contributed by atoms with Crippen LogP contribution in [0.1, 0.15) is 23.7 Å². The third-order valence-corrected chi connectivity index (χ3v) is 5.98. The average Bonchev–Trinajstić information content (AvgIpc) is 2.84. The van der Waals surface area contributed by atoms with Gasteiger partial charge < -0.3 is 15.1 Å². The Hall–Kier alpha value is -3.76. The van der Waals surface area contributed by atoms with Crippen LogP contribution >= 0.6 is 0 Å². The highest BCUT2D eigenvalue weighted by molar-refractivity contribution is 5.91. The maximum absolute atomic E-state index is 12.7. The molecule has 1 aromatic carbocycles. The first-order chi connectivity index (χ1) is 16.1. The predicted octanol–water partition coefficient (Wildman–Crippen LogP) is 3.65. The Labute approximate surface area is 194 Å². The lowest BCUT2D eigenvalue weighted by molar-refractivity contribution is -0.115. The van der Waals surface area contributed by atoms with Gasteiger partial charge in [-0.1, -0.05) is 13.0 Å². The van der Waals surface area contributed by atoms with Crippen LogP contribution in [0.5, 0.6) is 0 Å². The molecular weight excluding hydrogens is 412 g/mol. The molecule has 0 radical (unpaired) electrons. The van der Waals surface area contributed by atoms with E-state index in [4.69, 9.17) is 0 Å². The zero-order chi connectivity index (χ0) is 23.2. The van der Waals surface area contributed by atoms with E-state index in [1.54, 1.807) is 12.3 Å². The van der Waals surface area contributed by atoms with Crippen molar-refractivity contribution in [2.75, 3.05) is 42.9 Å². The van der Waals surface area contributed by atoms with Gasteiger partial charge in [0, 0.05) is 38.1 Å². The van der Waals surface area contributed by atoms with Crippen molar-refractivity contribution < 1.29 is 4.79 Å². The monoisotopic (exact) mass is 440 g/mol. The lowest BCUT2D eigenvalue weighted by atomic mass is 9.97. The Morgan fingerprint density at radius 1 is 1.09 bits per heavy atom. The average molecular weight is 441 g/mol. The summed E-state index contributed by atoms with van der Waals surface area (Å²) < 4.78 is 0. The SMILES string of the molecule is CCN1CCN(c2ccc(NC(=O)Cc3ccc(C#N)c(-c4ccnc(C)c4)c3)nc2)CC1. The van der Waals surface area contributed by atoms with Gasteiger partial charge in [-0.15, -0.1) is 0 Å². The van der Waals surface area contributed by atoms with Crippen LogP contribution in [0.15, 0.2) is 54.9 Å². The molecule has 0 bridgehead atoms. The highest BCUT2D eigenvalue weighted by atomic mass is 16.1. The van der Waals surface area contributed by atoms with Gasteiger partial charge in [0.25, 0.3) is 0 Å². The van der Waals surface area contributed by atoms with E-state index in [2.05, 4.69) is 38.1 Å². The molecule has 0 atom stereocenters. The second-order valence-corrected chi connectivity index (χ2v) is 8.23. The number of rotatable bonds is 6. The third kappa shape index (κ3) is 5.54. The van der Waals surface area contributed by atoms with E-state index in [1.807, 2.05) is 49.5 Å². The normalized spacial score (nSPS) is 14.0. The zero-order valence-electron chi connectivity index (χ0n) is 19.1. The van der Waals surface area contributed by atoms with Gasteiger partial charge in [0.2, 0.25) is 5.91 Å². The van der Waals surface area contributed by atoms with Gasteiger partial charge in [0.15, 0.2) is 0 Å². The van der Waals surface area contributed by atoms with Crippen LogP contribution in [-0.4, -0.2) is 53.5 Å². The number of aryl methyl sites for hydroxylation is 1. The van der Waals surface area contributed by atoms with Gasteiger partial charge in [-0.25, -0.2) is 4.98 Å². The first-order valence-corrected chi connectivity index (χ1v) is 11.2. The number of aromatic nitrogens is 2. The Bertz CT molecular complexity index is 1160. The minimum absolute atomic E-state index is 0.145. The van der Waals surface area contributed by atoms with Crippen molar-refractivity contribution in [3.05, 3.63) is 71.7 Å². The molecule has 1 aliphatic heterocycles. The van der Waals surface area contributed by atoms with E-state index >= 15 is 0 Å². The number of nitrogens with one attached hydrogen (secondary N) is 1. The summed E-state index contributed by atoms with van der Waals surface area (Å²) in [5.74, 6) is 0.392. The number of carbonyl (C=O) groups is 1. The quantitative estimate of drug-likeness (QED) is 0.630. The van der Waals surface area contributed by atoms with Crippen LogP contribution in [-0.2, 0) is 11.2 Å². The van der Waals surface area contributed by atoms with Crippen LogP contribution in [0.4, 0.5) is 11.5 Å². The van der Waals surface area contributed by atoms with E-state index < -0.39 is 0 Å². The zero-order valence-corrected chi connectivity index (χ0v) is 19.1. The number of nitriles is 1. The van der Waals surface area contributed by atoms with Gasteiger partial charge >= 0.3 is 0 Å². The summed E-state index contributed by atoms with van der Waals surface area (Å²) in [6.07, 6.45) is 3.75. The van der Waals surface area contributed by atoms with Gasteiger partial charge in [0.05, 0.1) is 29.9 Å². The Kier molecular flexibility index (Phi) is 6.96. The first-order valence-electron chi connectivity index (χ1n) is 11.2. The standard InChI is InChI=1S/C26H28N6O/c1-3-31-10-12-32(13-11-31)23-6-7-25(29-18-23)30-26(33)16-20-4-5-22(17-27)24(15-20)21-8-9-28-19(2)14-21/h4-9,14-15,18H,3,10-13,16H2,1-2H3,(H,29,30,33). The molecule has 1 saturated heterocycles. The van der Waals surface area contributed by atoms with Gasteiger partial charge in [0.1, 0.15) is 5.82 Å². The summed E-state index contributed by atoms with van der Waals surface area (Å²) >= 11 is 0. The van der Waals surface area contributed by atoms with Crippen LogP contribution in [0.2, 0.25) is 0 Å². The topological polar surface area (TPSA) is 85.1 Å². The number of likely N-dealkylation sites (N-methyl/N-ethyl adjacent to an activating group) is 1. The fourth-order valence-corrected chi connectivity index (χ4v) is 4.09. The summed E-state index contributed by atoms with van der Waals surface area (Å²) in [6.45, 7) is 9.27. The molecule has 0 saturated carbocycles. The minimum atomic E-state index is -0.145.